The molecule has 1 atom stereocenters. The third kappa shape index (κ3) is 3.80. The third-order valence-electron chi connectivity index (χ3n) is 3.26. The molecule has 106 valence electrons. The van der Waals surface area contributed by atoms with Crippen molar-refractivity contribution < 1.29 is 4.74 Å². The van der Waals surface area contributed by atoms with Gasteiger partial charge in [-0.3, -0.25) is 0 Å². The number of hydrogen-bond donors (Lipinski definition) is 1. The van der Waals surface area contributed by atoms with Gasteiger partial charge in [-0.2, -0.15) is 0 Å². The summed E-state index contributed by atoms with van der Waals surface area (Å²) >= 11 is 0. The number of nitrogens with zero attached hydrogens (tertiary/aromatic N) is 3. The van der Waals surface area contributed by atoms with E-state index < -0.39 is 0 Å². The lowest BCUT2D eigenvalue weighted by Crippen LogP contribution is -2.31. The number of rotatable bonds is 4. The van der Waals surface area contributed by atoms with Crippen LogP contribution in [0.4, 0.5) is 11.6 Å². The van der Waals surface area contributed by atoms with E-state index in [0.29, 0.717) is 0 Å². The van der Waals surface area contributed by atoms with Gasteiger partial charge in [0, 0.05) is 39.2 Å². The molecule has 0 spiro atoms. The van der Waals surface area contributed by atoms with Crippen LogP contribution in [0.1, 0.15) is 32.5 Å². The van der Waals surface area contributed by atoms with E-state index in [1.165, 1.54) is 0 Å². The molecule has 0 aromatic carbocycles. The van der Waals surface area contributed by atoms with Crippen LogP contribution in [0.25, 0.3) is 0 Å². The molecular weight excluding hydrogens is 240 g/mol. The number of aryl methyl sites for hydroxylation is 1. The Bertz CT molecular complexity index is 410. The summed E-state index contributed by atoms with van der Waals surface area (Å²) in [5.74, 6) is 2.83. The van der Waals surface area contributed by atoms with Crippen LogP contribution in [0.15, 0.2) is 6.07 Å². The zero-order valence-electron chi connectivity index (χ0n) is 12.1. The van der Waals surface area contributed by atoms with Crippen molar-refractivity contribution >= 4 is 11.6 Å². The fourth-order valence-electron chi connectivity index (χ4n) is 2.31. The molecule has 1 aromatic heterocycles. The highest BCUT2D eigenvalue weighted by molar-refractivity contribution is 5.49. The van der Waals surface area contributed by atoms with E-state index in [9.17, 15) is 0 Å². The van der Waals surface area contributed by atoms with Crippen molar-refractivity contribution in [2.45, 2.75) is 39.2 Å². The minimum absolute atomic E-state index is 0.255. The molecule has 0 saturated carbocycles. The second-order valence-electron chi connectivity index (χ2n) is 5.01. The van der Waals surface area contributed by atoms with Gasteiger partial charge >= 0.3 is 0 Å². The number of ether oxygens (including phenoxy) is 1. The molecule has 1 saturated heterocycles. The van der Waals surface area contributed by atoms with Gasteiger partial charge in [-0.15, -0.1) is 0 Å². The van der Waals surface area contributed by atoms with Crippen LogP contribution in [0.5, 0.6) is 0 Å². The summed E-state index contributed by atoms with van der Waals surface area (Å²) in [7, 11) is 1.90. The molecule has 1 aliphatic rings. The summed E-state index contributed by atoms with van der Waals surface area (Å²) in [4.78, 5) is 11.5. The van der Waals surface area contributed by atoms with E-state index in [0.717, 1.165) is 56.4 Å². The van der Waals surface area contributed by atoms with Crippen molar-refractivity contribution in [2.75, 3.05) is 37.0 Å². The van der Waals surface area contributed by atoms with Gasteiger partial charge in [-0.05, 0) is 19.8 Å². The summed E-state index contributed by atoms with van der Waals surface area (Å²) in [6.45, 7) is 6.99. The van der Waals surface area contributed by atoms with Gasteiger partial charge in [0.2, 0.25) is 0 Å². The molecule has 1 fully saturated rings. The Balaban J connectivity index is 2.23. The van der Waals surface area contributed by atoms with Gasteiger partial charge in [-0.25, -0.2) is 9.97 Å². The second kappa shape index (κ2) is 6.70. The first kappa shape index (κ1) is 14.1. The third-order valence-corrected chi connectivity index (χ3v) is 3.26. The Kier molecular flexibility index (Phi) is 4.96. The summed E-state index contributed by atoms with van der Waals surface area (Å²) in [6.07, 6.45) is 3.28. The highest BCUT2D eigenvalue weighted by Crippen LogP contribution is 2.19. The summed E-state index contributed by atoms with van der Waals surface area (Å²) in [6, 6.07) is 2.02. The van der Waals surface area contributed by atoms with E-state index in [2.05, 4.69) is 29.0 Å². The number of nitrogens with one attached hydrogen (secondary N) is 1. The Morgan fingerprint density at radius 2 is 2.32 bits per heavy atom. The second-order valence-corrected chi connectivity index (χ2v) is 5.01. The predicted molar refractivity (Wildman–Crippen MR) is 77.8 cm³/mol. The molecule has 0 amide bonds. The predicted octanol–water partition coefficient (Wildman–Crippen LogP) is 2.09. The number of aromatic nitrogens is 2. The van der Waals surface area contributed by atoms with Crippen LogP contribution in [-0.4, -0.2) is 42.8 Å². The molecule has 0 bridgehead atoms. The summed E-state index contributed by atoms with van der Waals surface area (Å²) in [5.41, 5.74) is 0. The van der Waals surface area contributed by atoms with Crippen LogP contribution in [-0.2, 0) is 11.2 Å². The number of anilines is 2. The molecule has 0 radical (unpaired) electrons. The minimum atomic E-state index is 0.255. The SMILES string of the molecule is CCCc1nc(NC)cc(N2CCCOC(C)C2)n1. The van der Waals surface area contributed by atoms with Crippen LogP contribution in [0.2, 0.25) is 0 Å². The Morgan fingerprint density at radius 3 is 3.05 bits per heavy atom. The van der Waals surface area contributed by atoms with E-state index in [1.807, 2.05) is 13.1 Å². The lowest BCUT2D eigenvalue weighted by Gasteiger charge is -2.24. The molecule has 1 aliphatic heterocycles. The Morgan fingerprint density at radius 1 is 1.47 bits per heavy atom. The molecule has 5 heteroatoms. The van der Waals surface area contributed by atoms with Crippen LogP contribution in [0, 0.1) is 0 Å². The van der Waals surface area contributed by atoms with E-state index in [-0.39, 0.29) is 6.10 Å². The maximum atomic E-state index is 5.69. The molecule has 19 heavy (non-hydrogen) atoms. The highest BCUT2D eigenvalue weighted by atomic mass is 16.5. The smallest absolute Gasteiger partial charge is 0.134 e. The fourth-order valence-corrected chi connectivity index (χ4v) is 2.31. The maximum Gasteiger partial charge on any atom is 0.134 e. The lowest BCUT2D eigenvalue weighted by molar-refractivity contribution is 0.0820. The Labute approximate surface area is 115 Å². The monoisotopic (exact) mass is 264 g/mol. The van der Waals surface area contributed by atoms with Crippen molar-refractivity contribution in [3.05, 3.63) is 11.9 Å². The Hall–Kier alpha value is -1.36. The summed E-state index contributed by atoms with van der Waals surface area (Å²) in [5, 5.41) is 3.12. The molecule has 1 N–H and O–H groups in total. The first-order chi connectivity index (χ1) is 9.22. The fraction of sp³-hybridized carbons (Fsp3) is 0.714. The van der Waals surface area contributed by atoms with Crippen molar-refractivity contribution in [2.24, 2.45) is 0 Å². The standard InChI is InChI=1S/C14H24N4O/c1-4-6-12-16-13(15-3)9-14(17-12)18-7-5-8-19-11(2)10-18/h9,11H,4-8,10H2,1-3H3,(H,15,16,17). The molecule has 2 rings (SSSR count). The largest absolute Gasteiger partial charge is 0.377 e. The van der Waals surface area contributed by atoms with Gasteiger partial charge in [0.25, 0.3) is 0 Å². The number of hydrogen-bond acceptors (Lipinski definition) is 5. The van der Waals surface area contributed by atoms with Gasteiger partial charge in [-0.1, -0.05) is 6.92 Å². The topological polar surface area (TPSA) is 50.3 Å². The van der Waals surface area contributed by atoms with Crippen molar-refractivity contribution in [1.29, 1.82) is 0 Å². The van der Waals surface area contributed by atoms with Gasteiger partial charge in [0.15, 0.2) is 0 Å². The van der Waals surface area contributed by atoms with Gasteiger partial charge < -0.3 is 15.0 Å². The first-order valence-corrected chi connectivity index (χ1v) is 7.15. The normalized spacial score (nSPS) is 20.2. The van der Waals surface area contributed by atoms with Gasteiger partial charge in [0.05, 0.1) is 6.10 Å². The molecular formula is C14H24N4O. The van der Waals surface area contributed by atoms with Crippen LogP contribution in [0.3, 0.4) is 0 Å². The molecule has 1 aromatic rings. The minimum Gasteiger partial charge on any atom is -0.377 e. The molecule has 5 nitrogen and oxygen atoms in total. The lowest BCUT2D eigenvalue weighted by atomic mass is 10.3. The average molecular weight is 264 g/mol. The van der Waals surface area contributed by atoms with E-state index in [4.69, 9.17) is 9.72 Å². The zero-order chi connectivity index (χ0) is 13.7. The van der Waals surface area contributed by atoms with Crippen LogP contribution < -0.4 is 10.2 Å². The maximum absolute atomic E-state index is 5.69. The van der Waals surface area contributed by atoms with Crippen LogP contribution >= 0.6 is 0 Å². The first-order valence-electron chi connectivity index (χ1n) is 7.15. The molecule has 1 unspecified atom stereocenters. The van der Waals surface area contributed by atoms with Crippen molar-refractivity contribution in [1.82, 2.24) is 9.97 Å². The highest BCUT2D eigenvalue weighted by Gasteiger charge is 2.17. The van der Waals surface area contributed by atoms with Crippen molar-refractivity contribution in [3.8, 4) is 0 Å². The quantitative estimate of drug-likeness (QED) is 0.902. The molecule has 2 heterocycles. The zero-order valence-corrected chi connectivity index (χ0v) is 12.1. The van der Waals surface area contributed by atoms with E-state index in [1.54, 1.807) is 0 Å². The molecule has 0 aliphatic carbocycles. The van der Waals surface area contributed by atoms with E-state index >= 15 is 0 Å². The van der Waals surface area contributed by atoms with Crippen molar-refractivity contribution in [3.63, 3.8) is 0 Å². The van der Waals surface area contributed by atoms with Gasteiger partial charge in [0.1, 0.15) is 17.5 Å². The average Bonchev–Trinajstić information content (AvgIpc) is 2.63. The summed E-state index contributed by atoms with van der Waals surface area (Å²) < 4.78 is 5.69.